The first-order chi connectivity index (χ1) is 10.1. The van der Waals surface area contributed by atoms with Crippen LogP contribution in [0.2, 0.25) is 0 Å². The fourth-order valence-corrected chi connectivity index (χ4v) is 2.88. The van der Waals surface area contributed by atoms with Crippen molar-refractivity contribution in [2.24, 2.45) is 0 Å². The third kappa shape index (κ3) is 4.51. The van der Waals surface area contributed by atoms with Crippen molar-refractivity contribution < 1.29 is 9.18 Å². The summed E-state index contributed by atoms with van der Waals surface area (Å²) >= 11 is 0. The first-order valence-electron chi connectivity index (χ1n) is 7.53. The van der Waals surface area contributed by atoms with E-state index >= 15 is 0 Å². The molecule has 1 amide bonds. The third-order valence-electron chi connectivity index (χ3n) is 4.03. The number of likely N-dealkylation sites (N-methyl/N-ethyl adjacent to an activating group) is 1. The normalized spacial score (nSPS) is 20.4. The Labute approximate surface area is 125 Å². The lowest BCUT2D eigenvalue weighted by Crippen LogP contribution is -2.43. The van der Waals surface area contributed by atoms with Gasteiger partial charge in [0.25, 0.3) is 0 Å². The molecule has 1 fully saturated rings. The van der Waals surface area contributed by atoms with E-state index < -0.39 is 0 Å². The van der Waals surface area contributed by atoms with Crippen LogP contribution in [0.1, 0.15) is 31.4 Å². The van der Waals surface area contributed by atoms with Gasteiger partial charge in [-0.05, 0) is 51.1 Å². The Morgan fingerprint density at radius 2 is 2.14 bits per heavy atom. The Morgan fingerprint density at radius 3 is 2.81 bits per heavy atom. The molecule has 0 spiro atoms. The van der Waals surface area contributed by atoms with Gasteiger partial charge in [0.2, 0.25) is 5.91 Å². The number of carbonyl (C=O) groups excluding carboxylic acids is 1. The second-order valence-corrected chi connectivity index (χ2v) is 5.66. The molecule has 0 aliphatic carbocycles. The number of hydrogen-bond acceptors (Lipinski definition) is 3. The van der Waals surface area contributed by atoms with Gasteiger partial charge in [-0.15, -0.1) is 0 Å². The van der Waals surface area contributed by atoms with Gasteiger partial charge in [0.1, 0.15) is 5.82 Å². The molecule has 0 bridgehead atoms. The van der Waals surface area contributed by atoms with Crippen molar-refractivity contribution in [1.29, 1.82) is 0 Å². The van der Waals surface area contributed by atoms with Gasteiger partial charge in [-0.25, -0.2) is 4.39 Å². The van der Waals surface area contributed by atoms with Crippen LogP contribution in [-0.4, -0.2) is 43.5 Å². The van der Waals surface area contributed by atoms with E-state index in [-0.39, 0.29) is 17.8 Å². The molecule has 1 aromatic carbocycles. The van der Waals surface area contributed by atoms with Crippen LogP contribution >= 0.6 is 0 Å². The predicted molar refractivity (Wildman–Crippen MR) is 81.5 cm³/mol. The van der Waals surface area contributed by atoms with Crippen molar-refractivity contribution in [2.75, 3.05) is 26.7 Å². The zero-order valence-corrected chi connectivity index (χ0v) is 12.7. The molecule has 1 aliphatic heterocycles. The molecule has 2 unspecified atom stereocenters. The SMILES string of the molecule is CNCC1CCCN1CC(=O)NC(C)c1ccc(F)cc1. The first kappa shape index (κ1) is 15.9. The van der Waals surface area contributed by atoms with E-state index in [4.69, 9.17) is 0 Å². The van der Waals surface area contributed by atoms with Crippen molar-refractivity contribution in [1.82, 2.24) is 15.5 Å². The molecule has 1 aromatic rings. The summed E-state index contributed by atoms with van der Waals surface area (Å²) in [5.41, 5.74) is 0.915. The number of nitrogens with zero attached hydrogens (tertiary/aromatic N) is 1. The van der Waals surface area contributed by atoms with Crippen LogP contribution in [0.25, 0.3) is 0 Å². The minimum absolute atomic E-state index is 0.0230. The van der Waals surface area contributed by atoms with E-state index in [0.29, 0.717) is 12.6 Å². The van der Waals surface area contributed by atoms with Crippen molar-refractivity contribution in [3.8, 4) is 0 Å². The second kappa shape index (κ2) is 7.52. The van der Waals surface area contributed by atoms with E-state index in [2.05, 4.69) is 15.5 Å². The standard InChI is InChI=1S/C16H24FN3O/c1-12(13-5-7-14(17)8-6-13)19-16(21)11-20-9-3-4-15(20)10-18-2/h5-8,12,15,18H,3-4,9-11H2,1-2H3,(H,19,21). The van der Waals surface area contributed by atoms with Crippen LogP contribution in [0.5, 0.6) is 0 Å². The van der Waals surface area contributed by atoms with Gasteiger partial charge in [-0.1, -0.05) is 12.1 Å². The fraction of sp³-hybridized carbons (Fsp3) is 0.562. The van der Waals surface area contributed by atoms with Gasteiger partial charge in [-0.2, -0.15) is 0 Å². The van der Waals surface area contributed by atoms with Gasteiger partial charge >= 0.3 is 0 Å². The number of halogens is 1. The molecule has 1 aliphatic rings. The van der Waals surface area contributed by atoms with Crippen LogP contribution in [-0.2, 0) is 4.79 Å². The quantitative estimate of drug-likeness (QED) is 0.839. The monoisotopic (exact) mass is 293 g/mol. The van der Waals surface area contributed by atoms with Crippen molar-refractivity contribution in [3.05, 3.63) is 35.6 Å². The maximum Gasteiger partial charge on any atom is 0.234 e. The molecule has 0 radical (unpaired) electrons. The molecule has 2 rings (SSSR count). The summed E-state index contributed by atoms with van der Waals surface area (Å²) in [6, 6.07) is 6.59. The molecular formula is C16H24FN3O. The molecule has 5 heteroatoms. The molecule has 0 aromatic heterocycles. The minimum atomic E-state index is -0.260. The molecular weight excluding hydrogens is 269 g/mol. The lowest BCUT2D eigenvalue weighted by molar-refractivity contribution is -0.123. The van der Waals surface area contributed by atoms with E-state index in [0.717, 1.165) is 31.5 Å². The zero-order chi connectivity index (χ0) is 15.2. The summed E-state index contributed by atoms with van der Waals surface area (Å²) in [6.07, 6.45) is 2.29. The lowest BCUT2D eigenvalue weighted by Gasteiger charge is -2.24. The van der Waals surface area contributed by atoms with E-state index in [9.17, 15) is 9.18 Å². The predicted octanol–water partition coefficient (Wildman–Crippen LogP) is 1.69. The third-order valence-corrected chi connectivity index (χ3v) is 4.03. The number of amides is 1. The van der Waals surface area contributed by atoms with E-state index in [1.54, 1.807) is 12.1 Å². The Kier molecular flexibility index (Phi) is 5.70. The van der Waals surface area contributed by atoms with Crippen LogP contribution in [0, 0.1) is 5.82 Å². The smallest absolute Gasteiger partial charge is 0.234 e. The van der Waals surface area contributed by atoms with Crippen molar-refractivity contribution in [2.45, 2.75) is 31.8 Å². The Morgan fingerprint density at radius 1 is 1.43 bits per heavy atom. The Hall–Kier alpha value is -1.46. The zero-order valence-electron chi connectivity index (χ0n) is 12.7. The average molecular weight is 293 g/mol. The molecule has 2 N–H and O–H groups in total. The highest BCUT2D eigenvalue weighted by Gasteiger charge is 2.25. The average Bonchev–Trinajstić information content (AvgIpc) is 2.87. The first-order valence-corrected chi connectivity index (χ1v) is 7.53. The van der Waals surface area contributed by atoms with Gasteiger partial charge < -0.3 is 10.6 Å². The largest absolute Gasteiger partial charge is 0.348 e. The molecule has 2 atom stereocenters. The van der Waals surface area contributed by atoms with Gasteiger partial charge in [0.15, 0.2) is 0 Å². The Balaban J connectivity index is 1.85. The maximum atomic E-state index is 12.9. The summed E-state index contributed by atoms with van der Waals surface area (Å²) in [5.74, 6) is -0.237. The van der Waals surface area contributed by atoms with Gasteiger partial charge in [0.05, 0.1) is 12.6 Å². The number of benzene rings is 1. The van der Waals surface area contributed by atoms with E-state index in [1.165, 1.54) is 12.1 Å². The summed E-state index contributed by atoms with van der Waals surface area (Å²) in [6.45, 7) is 4.24. The molecule has 21 heavy (non-hydrogen) atoms. The van der Waals surface area contributed by atoms with Crippen LogP contribution in [0.3, 0.4) is 0 Å². The molecule has 4 nitrogen and oxygen atoms in total. The van der Waals surface area contributed by atoms with Crippen LogP contribution < -0.4 is 10.6 Å². The topological polar surface area (TPSA) is 44.4 Å². The Bertz CT molecular complexity index is 463. The fourth-order valence-electron chi connectivity index (χ4n) is 2.88. The number of likely N-dealkylation sites (tertiary alicyclic amines) is 1. The lowest BCUT2D eigenvalue weighted by atomic mass is 10.1. The molecule has 1 heterocycles. The summed E-state index contributed by atoms with van der Waals surface area (Å²) in [4.78, 5) is 14.4. The summed E-state index contributed by atoms with van der Waals surface area (Å²) in [7, 11) is 1.94. The highest BCUT2D eigenvalue weighted by atomic mass is 19.1. The van der Waals surface area contributed by atoms with Crippen molar-refractivity contribution >= 4 is 5.91 Å². The maximum absolute atomic E-state index is 12.9. The summed E-state index contributed by atoms with van der Waals surface area (Å²) < 4.78 is 12.9. The molecule has 116 valence electrons. The van der Waals surface area contributed by atoms with Crippen LogP contribution in [0.4, 0.5) is 4.39 Å². The van der Waals surface area contributed by atoms with Gasteiger partial charge in [-0.3, -0.25) is 9.69 Å². The minimum Gasteiger partial charge on any atom is -0.348 e. The second-order valence-electron chi connectivity index (χ2n) is 5.66. The molecule has 0 saturated carbocycles. The number of nitrogens with one attached hydrogen (secondary N) is 2. The van der Waals surface area contributed by atoms with Crippen LogP contribution in [0.15, 0.2) is 24.3 Å². The van der Waals surface area contributed by atoms with Gasteiger partial charge in [0, 0.05) is 12.6 Å². The van der Waals surface area contributed by atoms with Crippen molar-refractivity contribution in [3.63, 3.8) is 0 Å². The number of hydrogen-bond donors (Lipinski definition) is 2. The summed E-state index contributed by atoms with van der Waals surface area (Å²) in [5, 5.41) is 6.16. The van der Waals surface area contributed by atoms with E-state index in [1.807, 2.05) is 14.0 Å². The highest BCUT2D eigenvalue weighted by molar-refractivity contribution is 5.78. The molecule has 1 saturated heterocycles. The highest BCUT2D eigenvalue weighted by Crippen LogP contribution is 2.17. The number of carbonyl (C=O) groups is 1. The number of rotatable bonds is 6.